The van der Waals surface area contributed by atoms with Gasteiger partial charge >= 0.3 is 5.97 Å². The standard InChI is InChI=1S/C8H10BrNO3/c1-8(2,3)13-6(11)5-4-10-7(9)12-5/h4H,1-3H3. The van der Waals surface area contributed by atoms with E-state index in [1.165, 1.54) is 6.20 Å². The molecule has 0 N–H and O–H groups in total. The molecule has 0 bridgehead atoms. The van der Waals surface area contributed by atoms with Gasteiger partial charge in [-0.3, -0.25) is 0 Å². The minimum Gasteiger partial charge on any atom is -0.454 e. The molecule has 1 aromatic rings. The van der Waals surface area contributed by atoms with E-state index in [1.54, 1.807) is 20.8 Å². The number of esters is 1. The van der Waals surface area contributed by atoms with Crippen LogP contribution >= 0.6 is 15.9 Å². The van der Waals surface area contributed by atoms with Crippen molar-refractivity contribution < 1.29 is 13.9 Å². The van der Waals surface area contributed by atoms with Crippen LogP contribution < -0.4 is 0 Å². The van der Waals surface area contributed by atoms with Gasteiger partial charge in [0.15, 0.2) is 0 Å². The first-order valence-corrected chi connectivity index (χ1v) is 4.52. The molecule has 0 amide bonds. The zero-order chi connectivity index (χ0) is 10.1. The molecule has 0 fully saturated rings. The highest BCUT2D eigenvalue weighted by Gasteiger charge is 2.20. The third-order valence-electron chi connectivity index (χ3n) is 1.08. The lowest BCUT2D eigenvalue weighted by Gasteiger charge is -2.18. The molecule has 1 heterocycles. The summed E-state index contributed by atoms with van der Waals surface area (Å²) in [5.74, 6) is -0.410. The monoisotopic (exact) mass is 247 g/mol. The van der Waals surface area contributed by atoms with Gasteiger partial charge in [-0.15, -0.1) is 0 Å². The highest BCUT2D eigenvalue weighted by molar-refractivity contribution is 9.10. The molecule has 0 radical (unpaired) electrons. The zero-order valence-electron chi connectivity index (χ0n) is 7.63. The first-order chi connectivity index (χ1) is 5.88. The fourth-order valence-corrected chi connectivity index (χ4v) is 0.952. The molecule has 0 aliphatic rings. The second-order valence-corrected chi connectivity index (χ2v) is 4.16. The summed E-state index contributed by atoms with van der Waals surface area (Å²) in [4.78, 5) is 15.3. The highest BCUT2D eigenvalue weighted by Crippen LogP contribution is 2.15. The van der Waals surface area contributed by atoms with Crippen molar-refractivity contribution in [2.45, 2.75) is 26.4 Å². The number of ether oxygens (including phenoxy) is 1. The molecule has 72 valence electrons. The van der Waals surface area contributed by atoms with Crippen LogP contribution in [0.5, 0.6) is 0 Å². The quantitative estimate of drug-likeness (QED) is 0.716. The van der Waals surface area contributed by atoms with E-state index in [2.05, 4.69) is 20.9 Å². The minimum atomic E-state index is -0.518. The molecule has 1 aromatic heterocycles. The van der Waals surface area contributed by atoms with Gasteiger partial charge in [0, 0.05) is 15.9 Å². The van der Waals surface area contributed by atoms with Gasteiger partial charge in [0.05, 0.1) is 6.20 Å². The first-order valence-electron chi connectivity index (χ1n) is 3.73. The normalized spacial score (nSPS) is 11.4. The summed E-state index contributed by atoms with van der Waals surface area (Å²) in [6, 6.07) is 0. The van der Waals surface area contributed by atoms with Crippen LogP contribution in [0.25, 0.3) is 0 Å². The summed E-state index contributed by atoms with van der Waals surface area (Å²) in [5.41, 5.74) is -0.518. The molecule has 5 heteroatoms. The predicted molar refractivity (Wildman–Crippen MR) is 49.4 cm³/mol. The van der Waals surface area contributed by atoms with Crippen molar-refractivity contribution in [3.8, 4) is 0 Å². The van der Waals surface area contributed by atoms with Crippen LogP contribution in [0.4, 0.5) is 0 Å². The number of aromatic nitrogens is 1. The molecule has 4 nitrogen and oxygen atoms in total. The van der Waals surface area contributed by atoms with E-state index in [0.717, 1.165) is 0 Å². The summed E-state index contributed by atoms with van der Waals surface area (Å²) in [6.07, 6.45) is 1.32. The van der Waals surface area contributed by atoms with E-state index in [0.29, 0.717) is 0 Å². The van der Waals surface area contributed by atoms with Crippen molar-refractivity contribution in [1.82, 2.24) is 4.98 Å². The molecular formula is C8H10BrNO3. The maximum absolute atomic E-state index is 11.3. The van der Waals surface area contributed by atoms with Gasteiger partial charge in [0.25, 0.3) is 4.80 Å². The van der Waals surface area contributed by atoms with Gasteiger partial charge in [-0.1, -0.05) is 0 Å². The van der Waals surface area contributed by atoms with Crippen molar-refractivity contribution >= 4 is 21.9 Å². The second-order valence-electron chi connectivity index (χ2n) is 3.48. The zero-order valence-corrected chi connectivity index (χ0v) is 9.21. The maximum Gasteiger partial charge on any atom is 0.376 e. The van der Waals surface area contributed by atoms with Gasteiger partial charge < -0.3 is 9.15 Å². The lowest BCUT2D eigenvalue weighted by molar-refractivity contribution is 0.00348. The van der Waals surface area contributed by atoms with Gasteiger partial charge in [-0.2, -0.15) is 0 Å². The molecule has 0 aromatic carbocycles. The van der Waals surface area contributed by atoms with Gasteiger partial charge in [0.2, 0.25) is 5.76 Å². The smallest absolute Gasteiger partial charge is 0.376 e. The van der Waals surface area contributed by atoms with Crippen molar-refractivity contribution in [3.63, 3.8) is 0 Å². The third-order valence-corrected chi connectivity index (χ3v) is 1.44. The Balaban J connectivity index is 2.70. The van der Waals surface area contributed by atoms with Gasteiger partial charge in [-0.25, -0.2) is 9.78 Å². The molecule has 0 aliphatic carbocycles. The summed E-state index contributed by atoms with van der Waals surface area (Å²) in [7, 11) is 0. The van der Waals surface area contributed by atoms with Crippen LogP contribution in [0.1, 0.15) is 31.3 Å². The SMILES string of the molecule is CC(C)(C)OC(=O)c1cnc(Br)o1. The number of nitrogens with zero attached hydrogens (tertiary/aromatic N) is 1. The molecular weight excluding hydrogens is 238 g/mol. The number of hydrogen-bond acceptors (Lipinski definition) is 4. The Bertz CT molecular complexity index is 313. The fourth-order valence-electron chi connectivity index (χ4n) is 0.676. The summed E-state index contributed by atoms with van der Waals surface area (Å²) in [6.45, 7) is 5.36. The molecule has 0 atom stereocenters. The Morgan fingerprint density at radius 1 is 1.62 bits per heavy atom. The van der Waals surface area contributed by atoms with Crippen LogP contribution in [-0.2, 0) is 4.74 Å². The van der Waals surface area contributed by atoms with Crippen molar-refractivity contribution in [1.29, 1.82) is 0 Å². The number of carbonyl (C=O) groups is 1. The Labute approximate surface area is 84.4 Å². The molecule has 0 saturated carbocycles. The number of rotatable bonds is 1. The van der Waals surface area contributed by atoms with E-state index in [1.807, 2.05) is 0 Å². The van der Waals surface area contributed by atoms with Crippen LogP contribution in [0, 0.1) is 0 Å². The van der Waals surface area contributed by atoms with Crippen LogP contribution in [0.2, 0.25) is 0 Å². The molecule has 0 unspecified atom stereocenters. The average molecular weight is 248 g/mol. The summed E-state index contributed by atoms with van der Waals surface area (Å²) in [5, 5.41) is 0. The summed E-state index contributed by atoms with van der Waals surface area (Å²) < 4.78 is 9.97. The van der Waals surface area contributed by atoms with Crippen molar-refractivity contribution in [3.05, 3.63) is 16.8 Å². The molecule has 13 heavy (non-hydrogen) atoms. The van der Waals surface area contributed by atoms with E-state index in [-0.39, 0.29) is 10.6 Å². The average Bonchev–Trinajstić information content (AvgIpc) is 2.31. The van der Waals surface area contributed by atoms with Crippen LogP contribution in [0.3, 0.4) is 0 Å². The van der Waals surface area contributed by atoms with Crippen LogP contribution in [-0.4, -0.2) is 16.6 Å². The largest absolute Gasteiger partial charge is 0.454 e. The molecule has 1 rings (SSSR count). The molecule has 0 saturated heterocycles. The number of hydrogen-bond donors (Lipinski definition) is 0. The summed E-state index contributed by atoms with van der Waals surface area (Å²) >= 11 is 2.99. The third kappa shape index (κ3) is 3.18. The Hall–Kier alpha value is -0.840. The topological polar surface area (TPSA) is 52.3 Å². The molecule has 0 spiro atoms. The lowest BCUT2D eigenvalue weighted by atomic mass is 10.2. The van der Waals surface area contributed by atoms with Gasteiger partial charge in [-0.05, 0) is 20.8 Å². The Morgan fingerprint density at radius 3 is 2.62 bits per heavy atom. The second kappa shape index (κ2) is 3.49. The number of oxazole rings is 1. The Kier molecular flexibility index (Phi) is 2.75. The highest BCUT2D eigenvalue weighted by atomic mass is 79.9. The van der Waals surface area contributed by atoms with Crippen LogP contribution in [0.15, 0.2) is 15.4 Å². The number of halogens is 1. The molecule has 0 aliphatic heterocycles. The van der Waals surface area contributed by atoms with E-state index >= 15 is 0 Å². The van der Waals surface area contributed by atoms with Crippen molar-refractivity contribution in [2.24, 2.45) is 0 Å². The lowest BCUT2D eigenvalue weighted by Crippen LogP contribution is -2.23. The Morgan fingerprint density at radius 2 is 2.23 bits per heavy atom. The van der Waals surface area contributed by atoms with E-state index in [4.69, 9.17) is 9.15 Å². The van der Waals surface area contributed by atoms with E-state index < -0.39 is 11.6 Å². The van der Waals surface area contributed by atoms with Crippen molar-refractivity contribution in [2.75, 3.05) is 0 Å². The minimum absolute atomic E-state index is 0.0989. The number of carbonyl (C=O) groups excluding carboxylic acids is 1. The maximum atomic E-state index is 11.3. The van der Waals surface area contributed by atoms with E-state index in [9.17, 15) is 4.79 Å². The predicted octanol–water partition coefficient (Wildman–Crippen LogP) is 2.39. The fraction of sp³-hybridized carbons (Fsp3) is 0.500. The van der Waals surface area contributed by atoms with Gasteiger partial charge in [0.1, 0.15) is 5.60 Å². The first kappa shape index (κ1) is 10.2.